The van der Waals surface area contributed by atoms with E-state index in [1.165, 1.54) is 36.3 Å². The molecule has 0 aliphatic carbocycles. The average Bonchev–Trinajstić information content (AvgIpc) is 2.78. The minimum absolute atomic E-state index is 0.101. The van der Waals surface area contributed by atoms with Gasteiger partial charge in [-0.3, -0.25) is 9.62 Å². The molecular weight excluding hydrogens is 453 g/mol. The minimum atomic E-state index is -3.73. The third kappa shape index (κ3) is 5.18. The van der Waals surface area contributed by atoms with Gasteiger partial charge >= 0.3 is 6.09 Å². The van der Waals surface area contributed by atoms with Crippen LogP contribution in [0.5, 0.6) is 17.4 Å². The molecule has 1 aromatic carbocycles. The van der Waals surface area contributed by atoms with Crippen molar-refractivity contribution < 1.29 is 27.1 Å². The molecule has 2 N–H and O–H groups in total. The van der Waals surface area contributed by atoms with E-state index in [2.05, 4.69) is 19.4 Å². The molecule has 12 heteroatoms. The summed E-state index contributed by atoms with van der Waals surface area (Å²) in [4.78, 5) is 22.1. The summed E-state index contributed by atoms with van der Waals surface area (Å²) < 4.78 is 52.7. The number of hydrogen-bond acceptors (Lipinski definition) is 7. The first-order valence-corrected chi connectivity index (χ1v) is 11.3. The zero-order valence-electron chi connectivity index (χ0n) is 17.7. The number of amides is 1. The first-order chi connectivity index (χ1) is 15.7. The Morgan fingerprint density at radius 1 is 1.24 bits per heavy atom. The topological polar surface area (TPSA) is 123 Å². The third-order valence-electron chi connectivity index (χ3n) is 4.80. The summed E-state index contributed by atoms with van der Waals surface area (Å²) in [5.41, 5.74) is 1.81. The molecule has 0 spiro atoms. The number of carbonyl (C=O) groups excluding carboxylic acids is 1. The lowest BCUT2D eigenvalue weighted by atomic mass is 10.1. The van der Waals surface area contributed by atoms with E-state index in [-0.39, 0.29) is 30.5 Å². The van der Waals surface area contributed by atoms with Crippen molar-refractivity contribution in [2.45, 2.75) is 20.0 Å². The maximum atomic E-state index is 13.8. The number of hydrogen-bond donors (Lipinski definition) is 2. The van der Waals surface area contributed by atoms with Crippen molar-refractivity contribution in [1.29, 1.82) is 0 Å². The number of nitrogens with zero attached hydrogens (tertiary/aromatic N) is 3. The predicted octanol–water partition coefficient (Wildman–Crippen LogP) is 3.11. The number of carbonyl (C=O) groups is 1. The van der Waals surface area contributed by atoms with Crippen molar-refractivity contribution in [3.8, 4) is 17.4 Å². The van der Waals surface area contributed by atoms with Crippen LogP contribution in [0.2, 0.25) is 0 Å². The highest BCUT2D eigenvalue weighted by Crippen LogP contribution is 2.33. The van der Waals surface area contributed by atoms with Gasteiger partial charge in [0.15, 0.2) is 5.82 Å². The lowest BCUT2D eigenvalue weighted by molar-refractivity contribution is 0.134. The molecule has 1 aliphatic rings. The van der Waals surface area contributed by atoms with Crippen LogP contribution >= 0.6 is 0 Å². The summed E-state index contributed by atoms with van der Waals surface area (Å²) in [7, 11) is -2.45. The van der Waals surface area contributed by atoms with Gasteiger partial charge in [0.1, 0.15) is 17.3 Å². The van der Waals surface area contributed by atoms with Gasteiger partial charge in [-0.25, -0.2) is 23.9 Å². The van der Waals surface area contributed by atoms with E-state index in [0.717, 1.165) is 0 Å². The van der Waals surface area contributed by atoms with Gasteiger partial charge in [-0.15, -0.1) is 0 Å². The standard InChI is InChI=1S/C21H20FN5O5S/c1-13-5-7-15(25-19(13)26-33(29,30)23-2)12-27-11-14-6-8-16(10-18(14)32-21(27)28)31-20-17(22)4-3-9-24-20/h3-10,23H,11-12H2,1-2H3,(H,25,26). The van der Waals surface area contributed by atoms with Crippen molar-refractivity contribution in [2.24, 2.45) is 0 Å². The fourth-order valence-electron chi connectivity index (χ4n) is 3.07. The number of aryl methyl sites for hydroxylation is 1. The van der Waals surface area contributed by atoms with Crippen molar-refractivity contribution in [2.75, 3.05) is 11.8 Å². The largest absolute Gasteiger partial charge is 0.436 e. The van der Waals surface area contributed by atoms with Crippen LogP contribution in [-0.2, 0) is 23.3 Å². The lowest BCUT2D eigenvalue weighted by Crippen LogP contribution is -2.36. The molecule has 0 unspecified atom stereocenters. The summed E-state index contributed by atoms with van der Waals surface area (Å²) in [6.45, 7) is 2.05. The first kappa shape index (κ1) is 22.4. The number of benzene rings is 1. The average molecular weight is 473 g/mol. The predicted molar refractivity (Wildman–Crippen MR) is 117 cm³/mol. The normalized spacial score (nSPS) is 13.3. The van der Waals surface area contributed by atoms with Crippen LogP contribution in [0.1, 0.15) is 16.8 Å². The number of anilines is 1. The van der Waals surface area contributed by atoms with Crippen LogP contribution < -0.4 is 18.9 Å². The Bertz CT molecular complexity index is 1320. The fourth-order valence-corrected chi connectivity index (χ4v) is 3.63. The molecule has 3 aromatic rings. The summed E-state index contributed by atoms with van der Waals surface area (Å²) in [6.07, 6.45) is 0.798. The van der Waals surface area contributed by atoms with Gasteiger partial charge in [0.2, 0.25) is 0 Å². The van der Waals surface area contributed by atoms with Crippen LogP contribution in [0, 0.1) is 12.7 Å². The third-order valence-corrected chi connectivity index (χ3v) is 5.80. The van der Waals surface area contributed by atoms with Crippen LogP contribution in [-0.4, -0.2) is 36.4 Å². The number of aromatic nitrogens is 2. The quantitative estimate of drug-likeness (QED) is 0.541. The number of pyridine rings is 2. The second kappa shape index (κ2) is 9.00. The summed E-state index contributed by atoms with van der Waals surface area (Å²) in [5.74, 6) is -0.0634. The Labute approximate surface area is 189 Å². The van der Waals surface area contributed by atoms with E-state index in [1.54, 1.807) is 31.2 Å². The van der Waals surface area contributed by atoms with Gasteiger partial charge in [-0.1, -0.05) is 6.07 Å². The molecule has 0 radical (unpaired) electrons. The van der Waals surface area contributed by atoms with Gasteiger partial charge < -0.3 is 9.47 Å². The van der Waals surface area contributed by atoms with Crippen LogP contribution in [0.25, 0.3) is 0 Å². The SMILES string of the molecule is CNS(=O)(=O)Nc1nc(CN2Cc3ccc(Oc4ncccc4F)cc3OC2=O)ccc1C. The van der Waals surface area contributed by atoms with E-state index in [1.807, 2.05) is 0 Å². The monoisotopic (exact) mass is 473 g/mol. The second-order valence-electron chi connectivity index (χ2n) is 7.16. The minimum Gasteiger partial charge on any atom is -0.436 e. The fraction of sp³-hybridized carbons (Fsp3) is 0.190. The molecule has 0 saturated heterocycles. The lowest BCUT2D eigenvalue weighted by Gasteiger charge is -2.28. The van der Waals surface area contributed by atoms with Crippen molar-refractivity contribution in [3.63, 3.8) is 0 Å². The van der Waals surface area contributed by atoms with Gasteiger partial charge in [-0.2, -0.15) is 8.42 Å². The van der Waals surface area contributed by atoms with Crippen LogP contribution in [0.15, 0.2) is 48.7 Å². The van der Waals surface area contributed by atoms with E-state index < -0.39 is 22.1 Å². The van der Waals surface area contributed by atoms with Gasteiger partial charge in [-0.05, 0) is 42.8 Å². The molecule has 4 rings (SSSR count). The molecule has 33 heavy (non-hydrogen) atoms. The highest BCUT2D eigenvalue weighted by atomic mass is 32.2. The Hall–Kier alpha value is -3.77. The Morgan fingerprint density at radius 3 is 2.82 bits per heavy atom. The molecule has 10 nitrogen and oxygen atoms in total. The number of ether oxygens (including phenoxy) is 2. The van der Waals surface area contributed by atoms with Crippen molar-refractivity contribution >= 4 is 22.1 Å². The number of nitrogens with one attached hydrogen (secondary N) is 2. The summed E-state index contributed by atoms with van der Waals surface area (Å²) in [6, 6.07) is 10.9. The van der Waals surface area contributed by atoms with E-state index in [9.17, 15) is 17.6 Å². The number of fused-ring (bicyclic) bond motifs is 1. The van der Waals surface area contributed by atoms with Crippen molar-refractivity contribution in [1.82, 2.24) is 19.6 Å². The zero-order chi connectivity index (χ0) is 23.6. The summed E-state index contributed by atoms with van der Waals surface area (Å²) in [5, 5.41) is 0. The maximum Gasteiger partial charge on any atom is 0.415 e. The van der Waals surface area contributed by atoms with E-state index in [4.69, 9.17) is 9.47 Å². The summed E-state index contributed by atoms with van der Waals surface area (Å²) >= 11 is 0. The van der Waals surface area contributed by atoms with Gasteiger partial charge in [0.25, 0.3) is 16.1 Å². The molecule has 3 heterocycles. The first-order valence-electron chi connectivity index (χ1n) is 9.80. The maximum absolute atomic E-state index is 13.8. The Balaban J connectivity index is 1.50. The molecule has 0 bridgehead atoms. The van der Waals surface area contributed by atoms with Gasteiger partial charge in [0, 0.05) is 24.9 Å². The Morgan fingerprint density at radius 2 is 2.06 bits per heavy atom. The number of halogens is 1. The highest BCUT2D eigenvalue weighted by molar-refractivity contribution is 7.90. The van der Waals surface area contributed by atoms with Crippen molar-refractivity contribution in [3.05, 3.63) is 71.3 Å². The molecule has 1 amide bonds. The van der Waals surface area contributed by atoms with E-state index >= 15 is 0 Å². The molecule has 1 aliphatic heterocycles. The highest BCUT2D eigenvalue weighted by Gasteiger charge is 2.26. The molecule has 0 fully saturated rings. The van der Waals surface area contributed by atoms with Crippen LogP contribution in [0.3, 0.4) is 0 Å². The van der Waals surface area contributed by atoms with E-state index in [0.29, 0.717) is 22.6 Å². The smallest absolute Gasteiger partial charge is 0.415 e. The molecular formula is C21H20FN5O5S. The molecule has 0 saturated carbocycles. The second-order valence-corrected chi connectivity index (χ2v) is 8.78. The van der Waals surface area contributed by atoms with Gasteiger partial charge in [0.05, 0.1) is 18.8 Å². The Kier molecular flexibility index (Phi) is 6.11. The number of rotatable bonds is 7. The molecule has 0 atom stereocenters. The zero-order valence-corrected chi connectivity index (χ0v) is 18.5. The molecule has 172 valence electrons. The van der Waals surface area contributed by atoms with Crippen LogP contribution in [0.4, 0.5) is 15.0 Å². The molecule has 2 aromatic heterocycles.